The molecule has 0 radical (unpaired) electrons. The van der Waals surface area contributed by atoms with Crippen molar-refractivity contribution in [1.29, 1.82) is 0 Å². The Hall–Kier alpha value is -2.11. The first-order valence-electron chi connectivity index (χ1n) is 3.49. The Labute approximate surface area is 72.9 Å². The van der Waals surface area contributed by atoms with Crippen molar-refractivity contribution in [3.63, 3.8) is 0 Å². The molecule has 2 rings (SSSR count). The molecule has 64 valence electrons. The van der Waals surface area contributed by atoms with Gasteiger partial charge in [-0.1, -0.05) is 0 Å². The predicted molar refractivity (Wildman–Crippen MR) is 41.5 cm³/mol. The number of hydrogen-bond donors (Lipinski definition) is 0. The van der Waals surface area contributed by atoms with Crippen LogP contribution in [0.3, 0.4) is 0 Å². The van der Waals surface area contributed by atoms with Crippen molar-refractivity contribution in [3.8, 4) is 0 Å². The summed E-state index contributed by atoms with van der Waals surface area (Å²) in [6.07, 6.45) is 5.06. The minimum Gasteiger partial charge on any atom is -0.269 e. The molecule has 1 aliphatic rings. The lowest BCUT2D eigenvalue weighted by atomic mass is 10.6. The number of aromatic nitrogens is 3. The van der Waals surface area contributed by atoms with Crippen molar-refractivity contribution in [2.45, 2.75) is 0 Å². The van der Waals surface area contributed by atoms with Gasteiger partial charge in [0.15, 0.2) is 0 Å². The molecular weight excluding hydrogens is 172 g/mol. The second-order valence-corrected chi connectivity index (χ2v) is 2.29. The van der Waals surface area contributed by atoms with Gasteiger partial charge in [0.05, 0.1) is 12.4 Å². The number of anilines is 1. The van der Waals surface area contributed by atoms with E-state index in [0.717, 1.165) is 4.90 Å². The number of nitrogens with zero attached hydrogens (tertiary/aromatic N) is 4. The number of imide groups is 1. The molecule has 0 unspecified atom stereocenters. The van der Waals surface area contributed by atoms with Gasteiger partial charge < -0.3 is 0 Å². The van der Waals surface area contributed by atoms with E-state index in [4.69, 9.17) is 0 Å². The van der Waals surface area contributed by atoms with Crippen molar-refractivity contribution in [2.24, 2.45) is 0 Å². The SMILES string of the molecule is O=C1C=CC(=O)N1c1nccnn1. The summed E-state index contributed by atoms with van der Waals surface area (Å²) in [6.45, 7) is 0. The fraction of sp³-hybridized carbons (Fsp3) is 0. The molecule has 1 aliphatic heterocycles. The maximum Gasteiger partial charge on any atom is 0.260 e. The Bertz CT molecular complexity index is 369. The second kappa shape index (κ2) is 2.74. The fourth-order valence-corrected chi connectivity index (χ4v) is 0.940. The maximum atomic E-state index is 11.1. The van der Waals surface area contributed by atoms with Crippen LogP contribution in [0, 0.1) is 0 Å². The molecule has 0 saturated heterocycles. The van der Waals surface area contributed by atoms with Crippen molar-refractivity contribution in [1.82, 2.24) is 15.2 Å². The van der Waals surface area contributed by atoms with E-state index in [1.807, 2.05) is 0 Å². The van der Waals surface area contributed by atoms with Gasteiger partial charge in [0.1, 0.15) is 0 Å². The molecule has 6 nitrogen and oxygen atoms in total. The van der Waals surface area contributed by atoms with E-state index in [1.54, 1.807) is 0 Å². The summed E-state index contributed by atoms with van der Waals surface area (Å²) in [5.41, 5.74) is 0. The van der Waals surface area contributed by atoms with E-state index in [1.165, 1.54) is 24.5 Å². The molecule has 0 fully saturated rings. The summed E-state index contributed by atoms with van der Waals surface area (Å²) >= 11 is 0. The van der Waals surface area contributed by atoms with Crippen LogP contribution in [0.15, 0.2) is 24.5 Å². The highest BCUT2D eigenvalue weighted by molar-refractivity contribution is 6.27. The molecule has 2 amide bonds. The molecule has 1 aromatic rings. The number of carbonyl (C=O) groups excluding carboxylic acids is 2. The van der Waals surface area contributed by atoms with Crippen LogP contribution in [0.1, 0.15) is 0 Å². The topological polar surface area (TPSA) is 76.1 Å². The first kappa shape index (κ1) is 7.53. The molecular formula is C7H4N4O2. The van der Waals surface area contributed by atoms with Gasteiger partial charge in [-0.25, -0.2) is 9.88 Å². The van der Waals surface area contributed by atoms with Crippen LogP contribution in [0.5, 0.6) is 0 Å². The molecule has 0 atom stereocenters. The smallest absolute Gasteiger partial charge is 0.260 e. The molecule has 6 heteroatoms. The summed E-state index contributed by atoms with van der Waals surface area (Å²) in [5, 5.41) is 7.06. The maximum absolute atomic E-state index is 11.1. The average molecular weight is 176 g/mol. The molecule has 0 saturated carbocycles. The lowest BCUT2D eigenvalue weighted by molar-refractivity contribution is -0.120. The van der Waals surface area contributed by atoms with Gasteiger partial charge >= 0.3 is 0 Å². The monoisotopic (exact) mass is 176 g/mol. The second-order valence-electron chi connectivity index (χ2n) is 2.29. The normalized spacial score (nSPS) is 15.5. The fourth-order valence-electron chi connectivity index (χ4n) is 0.940. The first-order chi connectivity index (χ1) is 6.29. The average Bonchev–Trinajstić information content (AvgIpc) is 2.48. The van der Waals surface area contributed by atoms with Crippen LogP contribution < -0.4 is 4.90 Å². The summed E-state index contributed by atoms with van der Waals surface area (Å²) in [4.78, 5) is 26.8. The molecule has 0 spiro atoms. The largest absolute Gasteiger partial charge is 0.269 e. The number of rotatable bonds is 1. The van der Waals surface area contributed by atoms with Gasteiger partial charge in [-0.05, 0) is 0 Å². The van der Waals surface area contributed by atoms with Crippen LogP contribution >= 0.6 is 0 Å². The van der Waals surface area contributed by atoms with Gasteiger partial charge in [0.25, 0.3) is 17.8 Å². The number of hydrogen-bond acceptors (Lipinski definition) is 5. The van der Waals surface area contributed by atoms with Crippen LogP contribution in [-0.4, -0.2) is 27.0 Å². The number of carbonyl (C=O) groups is 2. The third-order valence-electron chi connectivity index (χ3n) is 1.48. The van der Waals surface area contributed by atoms with E-state index in [9.17, 15) is 9.59 Å². The Kier molecular flexibility index (Phi) is 1.59. The van der Waals surface area contributed by atoms with Gasteiger partial charge in [0.2, 0.25) is 0 Å². The van der Waals surface area contributed by atoms with Crippen molar-refractivity contribution in [3.05, 3.63) is 24.5 Å². The zero-order valence-electron chi connectivity index (χ0n) is 6.41. The third-order valence-corrected chi connectivity index (χ3v) is 1.48. The van der Waals surface area contributed by atoms with Crippen molar-refractivity contribution >= 4 is 17.8 Å². The van der Waals surface area contributed by atoms with E-state index >= 15 is 0 Å². The minimum absolute atomic E-state index is 0.00231. The summed E-state index contributed by atoms with van der Waals surface area (Å²) in [7, 11) is 0. The van der Waals surface area contributed by atoms with Crippen molar-refractivity contribution in [2.75, 3.05) is 4.90 Å². The predicted octanol–water partition coefficient (Wildman–Crippen LogP) is -0.699. The first-order valence-corrected chi connectivity index (χ1v) is 3.49. The Morgan fingerprint density at radius 3 is 2.31 bits per heavy atom. The summed E-state index contributed by atoms with van der Waals surface area (Å²) in [5.74, 6) is -0.890. The van der Waals surface area contributed by atoms with E-state index in [-0.39, 0.29) is 5.95 Å². The van der Waals surface area contributed by atoms with Crippen LogP contribution in [0.4, 0.5) is 5.95 Å². The number of amides is 2. The molecule has 0 aromatic carbocycles. The van der Waals surface area contributed by atoms with Gasteiger partial charge in [-0.15, -0.1) is 5.10 Å². The molecule has 2 heterocycles. The lowest BCUT2D eigenvalue weighted by Crippen LogP contribution is -2.31. The third kappa shape index (κ3) is 1.18. The highest BCUT2D eigenvalue weighted by Crippen LogP contribution is 2.10. The zero-order valence-corrected chi connectivity index (χ0v) is 6.41. The van der Waals surface area contributed by atoms with Gasteiger partial charge in [-0.2, -0.15) is 5.10 Å². The molecule has 1 aromatic heterocycles. The quantitative estimate of drug-likeness (QED) is 0.529. The van der Waals surface area contributed by atoms with E-state index in [0.29, 0.717) is 0 Å². The standard InChI is InChI=1S/C7H4N4O2/c12-5-1-2-6(13)11(5)7-8-3-4-9-10-7/h1-4H. The summed E-state index contributed by atoms with van der Waals surface area (Å²) in [6, 6.07) is 0. The van der Waals surface area contributed by atoms with Gasteiger partial charge in [-0.3, -0.25) is 9.59 Å². The highest BCUT2D eigenvalue weighted by Gasteiger charge is 2.27. The van der Waals surface area contributed by atoms with Crippen LogP contribution in [-0.2, 0) is 9.59 Å². The minimum atomic E-state index is -0.446. The van der Waals surface area contributed by atoms with Crippen LogP contribution in [0.2, 0.25) is 0 Å². The van der Waals surface area contributed by atoms with Crippen molar-refractivity contribution < 1.29 is 9.59 Å². The molecule has 0 aliphatic carbocycles. The van der Waals surface area contributed by atoms with Crippen LogP contribution in [0.25, 0.3) is 0 Å². The molecule has 0 bridgehead atoms. The van der Waals surface area contributed by atoms with Gasteiger partial charge in [0, 0.05) is 12.2 Å². The van der Waals surface area contributed by atoms with E-state index in [2.05, 4.69) is 15.2 Å². The Morgan fingerprint density at radius 1 is 1.08 bits per heavy atom. The van der Waals surface area contributed by atoms with E-state index < -0.39 is 11.8 Å². The zero-order chi connectivity index (χ0) is 9.26. The highest BCUT2D eigenvalue weighted by atomic mass is 16.2. The summed E-state index contributed by atoms with van der Waals surface area (Å²) < 4.78 is 0. The Balaban J connectivity index is 2.38. The molecule has 13 heavy (non-hydrogen) atoms. The molecule has 0 N–H and O–H groups in total. The Morgan fingerprint density at radius 2 is 1.77 bits per heavy atom. The lowest BCUT2D eigenvalue weighted by Gasteiger charge is -2.08.